The molecule has 0 saturated heterocycles. The van der Waals surface area contributed by atoms with E-state index in [9.17, 15) is 0 Å². The summed E-state index contributed by atoms with van der Waals surface area (Å²) >= 11 is 1.89. The predicted molar refractivity (Wildman–Crippen MR) is 62.8 cm³/mol. The van der Waals surface area contributed by atoms with Crippen molar-refractivity contribution in [2.45, 2.75) is 11.4 Å². The van der Waals surface area contributed by atoms with Crippen molar-refractivity contribution in [3.8, 4) is 0 Å². The molecule has 2 rings (SSSR count). The number of nitrogens with zero attached hydrogens (tertiary/aromatic N) is 2. The minimum Gasteiger partial charge on any atom is -0.240 e. The highest BCUT2D eigenvalue weighted by Gasteiger charge is 1.99. The number of hydrogen-bond donors (Lipinski definition) is 0. The van der Waals surface area contributed by atoms with Crippen LogP contribution in [0.5, 0.6) is 0 Å². The normalized spacial score (nSPS) is 10.5. The molecular formula is C12H15N2S+. The van der Waals surface area contributed by atoms with Crippen LogP contribution in [-0.2, 0) is 13.6 Å². The zero-order chi connectivity index (χ0) is 10.5. The number of imidazole rings is 1. The number of benzene rings is 1. The van der Waals surface area contributed by atoms with E-state index in [1.54, 1.807) is 0 Å². The minimum atomic E-state index is 1.06. The summed E-state index contributed by atoms with van der Waals surface area (Å²) in [4.78, 5) is 1.34. The predicted octanol–water partition coefficient (Wildman–Crippen LogP) is 2.10. The van der Waals surface area contributed by atoms with E-state index in [-0.39, 0.29) is 0 Å². The monoisotopic (exact) mass is 219 g/mol. The van der Waals surface area contributed by atoms with Crippen molar-refractivity contribution < 1.29 is 4.57 Å². The number of aromatic nitrogens is 2. The van der Waals surface area contributed by atoms with Crippen LogP contribution in [-0.4, -0.2) is 10.3 Å². The molecule has 0 bridgehead atoms. The molecule has 1 aromatic carbocycles. The molecule has 0 radical (unpaired) electrons. The molecule has 0 amide bonds. The summed E-state index contributed by atoms with van der Waals surface area (Å²) in [5.74, 6) is 1.11. The van der Waals surface area contributed by atoms with E-state index in [0.717, 1.165) is 12.3 Å². The van der Waals surface area contributed by atoms with Gasteiger partial charge in [-0.3, -0.25) is 0 Å². The summed E-state index contributed by atoms with van der Waals surface area (Å²) in [6.07, 6.45) is 6.27. The molecule has 1 heterocycles. The van der Waals surface area contributed by atoms with Gasteiger partial charge in [-0.05, 0) is 12.1 Å². The van der Waals surface area contributed by atoms with Crippen LogP contribution in [0.4, 0.5) is 0 Å². The highest BCUT2D eigenvalue weighted by Crippen LogP contribution is 2.16. The maximum atomic E-state index is 2.20. The van der Waals surface area contributed by atoms with Crippen molar-refractivity contribution in [1.82, 2.24) is 4.57 Å². The summed E-state index contributed by atoms with van der Waals surface area (Å²) in [7, 11) is 2.04. The van der Waals surface area contributed by atoms with Gasteiger partial charge in [0.2, 0.25) is 6.33 Å². The molecule has 0 unspecified atom stereocenters. The number of hydrogen-bond acceptors (Lipinski definition) is 1. The molecule has 0 N–H and O–H groups in total. The van der Waals surface area contributed by atoms with Crippen molar-refractivity contribution >= 4 is 11.8 Å². The second kappa shape index (κ2) is 5.03. The van der Waals surface area contributed by atoms with Gasteiger partial charge in [0, 0.05) is 10.6 Å². The third-order valence-corrected chi connectivity index (χ3v) is 3.18. The summed E-state index contributed by atoms with van der Waals surface area (Å²) < 4.78 is 4.27. The van der Waals surface area contributed by atoms with E-state index < -0.39 is 0 Å². The number of rotatable bonds is 4. The molecule has 0 spiro atoms. The van der Waals surface area contributed by atoms with Crippen molar-refractivity contribution in [2.24, 2.45) is 7.05 Å². The van der Waals surface area contributed by atoms with Gasteiger partial charge in [0.25, 0.3) is 0 Å². The zero-order valence-corrected chi connectivity index (χ0v) is 9.65. The van der Waals surface area contributed by atoms with Crippen LogP contribution < -0.4 is 4.57 Å². The van der Waals surface area contributed by atoms with Crippen LogP contribution in [0, 0.1) is 0 Å². The molecule has 0 aliphatic carbocycles. The fourth-order valence-electron chi connectivity index (χ4n) is 1.42. The van der Waals surface area contributed by atoms with E-state index in [0.29, 0.717) is 0 Å². The molecule has 0 saturated carbocycles. The van der Waals surface area contributed by atoms with Crippen molar-refractivity contribution in [2.75, 3.05) is 5.75 Å². The third kappa shape index (κ3) is 3.13. The van der Waals surface area contributed by atoms with Gasteiger partial charge < -0.3 is 0 Å². The molecular weight excluding hydrogens is 204 g/mol. The molecule has 3 heteroatoms. The molecule has 0 aliphatic heterocycles. The average Bonchev–Trinajstić information content (AvgIpc) is 2.66. The molecule has 0 fully saturated rings. The van der Waals surface area contributed by atoms with Gasteiger partial charge in [0.15, 0.2) is 0 Å². The highest BCUT2D eigenvalue weighted by molar-refractivity contribution is 7.99. The van der Waals surface area contributed by atoms with Crippen LogP contribution in [0.2, 0.25) is 0 Å². The average molecular weight is 219 g/mol. The quantitative estimate of drug-likeness (QED) is 0.565. The Labute approximate surface area is 94.6 Å². The van der Waals surface area contributed by atoms with Gasteiger partial charge in [-0.1, -0.05) is 18.2 Å². The second-order valence-electron chi connectivity index (χ2n) is 3.48. The molecule has 0 atom stereocenters. The molecule has 0 aliphatic rings. The van der Waals surface area contributed by atoms with Crippen LogP contribution in [0.1, 0.15) is 0 Å². The summed E-state index contributed by atoms with van der Waals surface area (Å²) in [5, 5.41) is 0. The zero-order valence-electron chi connectivity index (χ0n) is 8.84. The first-order valence-electron chi connectivity index (χ1n) is 5.03. The van der Waals surface area contributed by atoms with Gasteiger partial charge in [-0.15, -0.1) is 11.8 Å². The lowest BCUT2D eigenvalue weighted by molar-refractivity contribution is -0.671. The summed E-state index contributed by atoms with van der Waals surface area (Å²) in [5.41, 5.74) is 0. The largest absolute Gasteiger partial charge is 0.243 e. The summed E-state index contributed by atoms with van der Waals surface area (Å²) in [6, 6.07) is 10.5. The lowest BCUT2D eigenvalue weighted by atomic mass is 10.4. The van der Waals surface area contributed by atoms with E-state index in [1.807, 2.05) is 18.8 Å². The molecule has 78 valence electrons. The fraction of sp³-hybridized carbons (Fsp3) is 0.250. The van der Waals surface area contributed by atoms with E-state index in [4.69, 9.17) is 0 Å². The van der Waals surface area contributed by atoms with Crippen molar-refractivity contribution in [3.05, 3.63) is 49.1 Å². The Morgan fingerprint density at radius 2 is 2.07 bits per heavy atom. The standard InChI is InChI=1S/C12H15N2S/c1-13-7-8-14(11-13)9-10-15-12-5-3-2-4-6-12/h2-8,11H,9-10H2,1H3/q+1. The molecule has 2 nitrogen and oxygen atoms in total. The maximum Gasteiger partial charge on any atom is 0.243 e. The molecule has 2 aromatic rings. The summed E-state index contributed by atoms with van der Waals surface area (Å²) in [6.45, 7) is 1.06. The molecule has 1 aromatic heterocycles. The lowest BCUT2D eigenvalue weighted by Gasteiger charge is -1.98. The lowest BCUT2D eigenvalue weighted by Crippen LogP contribution is -2.23. The van der Waals surface area contributed by atoms with Crippen molar-refractivity contribution in [1.29, 1.82) is 0 Å². The number of thioether (sulfide) groups is 1. The Morgan fingerprint density at radius 1 is 1.27 bits per heavy atom. The topological polar surface area (TPSA) is 8.81 Å². The van der Waals surface area contributed by atoms with Gasteiger partial charge in [-0.25, -0.2) is 9.13 Å². The van der Waals surface area contributed by atoms with E-state index in [2.05, 4.69) is 58.2 Å². The Hall–Kier alpha value is -1.22. The Kier molecular flexibility index (Phi) is 3.45. The fourth-order valence-corrected chi connectivity index (χ4v) is 2.31. The van der Waals surface area contributed by atoms with Crippen LogP contribution in [0.15, 0.2) is 53.9 Å². The van der Waals surface area contributed by atoms with Gasteiger partial charge >= 0.3 is 0 Å². The smallest absolute Gasteiger partial charge is 0.240 e. The van der Waals surface area contributed by atoms with Crippen LogP contribution in [0.25, 0.3) is 0 Å². The Morgan fingerprint density at radius 3 is 2.73 bits per heavy atom. The Balaban J connectivity index is 1.80. The second-order valence-corrected chi connectivity index (χ2v) is 4.65. The van der Waals surface area contributed by atoms with Gasteiger partial charge in [-0.2, -0.15) is 0 Å². The number of aryl methyl sites for hydroxylation is 2. The van der Waals surface area contributed by atoms with E-state index in [1.165, 1.54) is 4.90 Å². The van der Waals surface area contributed by atoms with Crippen LogP contribution in [0.3, 0.4) is 0 Å². The third-order valence-electron chi connectivity index (χ3n) is 2.19. The first kappa shape index (κ1) is 10.3. The molecule has 15 heavy (non-hydrogen) atoms. The highest BCUT2D eigenvalue weighted by atomic mass is 32.2. The van der Waals surface area contributed by atoms with Gasteiger partial charge in [0.1, 0.15) is 12.4 Å². The first-order valence-corrected chi connectivity index (χ1v) is 6.02. The van der Waals surface area contributed by atoms with E-state index >= 15 is 0 Å². The van der Waals surface area contributed by atoms with Crippen LogP contribution >= 0.6 is 11.8 Å². The SMILES string of the molecule is C[n+]1ccn(CCSc2ccccc2)c1. The minimum absolute atomic E-state index is 1.06. The van der Waals surface area contributed by atoms with Gasteiger partial charge in [0.05, 0.1) is 13.6 Å². The first-order chi connectivity index (χ1) is 7.34. The Bertz CT molecular complexity index is 409. The van der Waals surface area contributed by atoms with Crippen molar-refractivity contribution in [3.63, 3.8) is 0 Å². The maximum absolute atomic E-state index is 2.20.